The number of alkyl halides is 3. The summed E-state index contributed by atoms with van der Waals surface area (Å²) < 4.78 is 65.0. The topological polar surface area (TPSA) is 128 Å². The fraction of sp³-hybridized carbons (Fsp3) is 0.423. The minimum atomic E-state index is -4.91. The zero-order valence-corrected chi connectivity index (χ0v) is 21.1. The summed E-state index contributed by atoms with van der Waals surface area (Å²) in [6.07, 6.45) is -3.04. The second-order valence-electron chi connectivity index (χ2n) is 10.3. The predicted molar refractivity (Wildman–Crippen MR) is 128 cm³/mol. The highest BCUT2D eigenvalue weighted by molar-refractivity contribution is 7.92. The van der Waals surface area contributed by atoms with Crippen LogP contribution in [0.15, 0.2) is 47.4 Å². The molecule has 2 aromatic carbocycles. The van der Waals surface area contributed by atoms with Crippen LogP contribution in [0.25, 0.3) is 0 Å². The van der Waals surface area contributed by atoms with Gasteiger partial charge in [0.2, 0.25) is 5.91 Å². The van der Waals surface area contributed by atoms with Crippen molar-refractivity contribution in [2.24, 2.45) is 5.41 Å². The third-order valence-corrected chi connectivity index (χ3v) is 9.76. The van der Waals surface area contributed by atoms with Gasteiger partial charge >= 0.3 is 6.18 Å². The first-order valence-corrected chi connectivity index (χ1v) is 13.6. The summed E-state index contributed by atoms with van der Waals surface area (Å²) in [5, 5.41) is 21.6. The van der Waals surface area contributed by atoms with E-state index in [9.17, 15) is 41.5 Å². The number of nitrogens with one attached hydrogen (secondary N) is 1. The number of sulfone groups is 1. The molecule has 12 heteroatoms. The predicted octanol–water partition coefficient (Wildman–Crippen LogP) is 3.72. The maximum absolute atomic E-state index is 13.4. The molecule has 200 valence electrons. The first-order chi connectivity index (χ1) is 17.7. The summed E-state index contributed by atoms with van der Waals surface area (Å²) in [6, 6.07) is 9.72. The van der Waals surface area contributed by atoms with Crippen molar-refractivity contribution in [3.63, 3.8) is 0 Å². The van der Waals surface area contributed by atoms with Crippen molar-refractivity contribution in [2.75, 3.05) is 5.32 Å². The highest BCUT2D eigenvalue weighted by atomic mass is 32.2. The van der Waals surface area contributed by atoms with Crippen molar-refractivity contribution in [3.05, 3.63) is 59.2 Å². The summed E-state index contributed by atoms with van der Waals surface area (Å²) >= 11 is 0. The first-order valence-electron chi connectivity index (χ1n) is 12.0. The van der Waals surface area contributed by atoms with Gasteiger partial charge < -0.3 is 15.3 Å². The van der Waals surface area contributed by atoms with Gasteiger partial charge in [-0.05, 0) is 73.6 Å². The van der Waals surface area contributed by atoms with E-state index in [4.69, 9.17) is 0 Å². The summed E-state index contributed by atoms with van der Waals surface area (Å²) in [5.74, 6) is -1.20. The molecule has 0 aromatic heterocycles. The third kappa shape index (κ3) is 4.23. The number of anilines is 1. The van der Waals surface area contributed by atoms with Crippen LogP contribution in [-0.4, -0.2) is 41.7 Å². The van der Waals surface area contributed by atoms with Gasteiger partial charge in [0, 0.05) is 12.2 Å². The van der Waals surface area contributed by atoms with Crippen molar-refractivity contribution in [3.8, 4) is 6.07 Å². The number of hydrogen-bond acceptors (Lipinski definition) is 6. The van der Waals surface area contributed by atoms with E-state index in [-0.39, 0.29) is 17.1 Å². The molecule has 38 heavy (non-hydrogen) atoms. The molecular formula is C26H24F3N3O5S. The molecule has 0 saturated heterocycles. The number of benzene rings is 2. The number of nitriles is 1. The molecule has 0 radical (unpaired) electrons. The monoisotopic (exact) mass is 547 g/mol. The molecule has 2 atom stereocenters. The highest BCUT2D eigenvalue weighted by Crippen LogP contribution is 2.50. The number of fused-ring (bicyclic) bond motifs is 1. The maximum Gasteiger partial charge on any atom is 0.421 e. The number of carbonyl (C=O) groups is 2. The standard InChI is InChI=1S/C26H24F3N3O5S/c1-24(35,26(27,28)29)16-2-4-17(5-3-16)31-22(33)21-20-9-8-19(38(36,37)18-6-7-18)12-15(20)13-32(21)23(34)25(14-30)10-11-25/h2-5,8-9,12,18,21,35H,6-7,10-11,13H2,1H3,(H,31,33). The zero-order chi connectivity index (χ0) is 27.7. The van der Waals surface area contributed by atoms with E-state index in [0.717, 1.165) is 12.1 Å². The Hall–Kier alpha value is -3.43. The van der Waals surface area contributed by atoms with Crippen LogP contribution in [0.4, 0.5) is 18.9 Å². The normalized spacial score (nSPS) is 21.7. The Balaban J connectivity index is 1.45. The number of hydrogen-bond donors (Lipinski definition) is 2. The molecule has 2 saturated carbocycles. The van der Waals surface area contributed by atoms with Crippen molar-refractivity contribution < 1.29 is 36.3 Å². The van der Waals surface area contributed by atoms with Gasteiger partial charge in [0.05, 0.1) is 16.2 Å². The molecule has 2 N–H and O–H groups in total. The molecule has 5 rings (SSSR count). The van der Waals surface area contributed by atoms with Gasteiger partial charge in [-0.1, -0.05) is 18.2 Å². The quantitative estimate of drug-likeness (QED) is 0.568. The Kier molecular flexibility index (Phi) is 5.89. The lowest BCUT2D eigenvalue weighted by Crippen LogP contribution is -2.40. The Bertz CT molecular complexity index is 1470. The molecule has 2 aliphatic carbocycles. The SMILES string of the molecule is CC(O)(c1ccc(NC(=O)C2c3ccc(S(=O)(=O)C4CC4)cc3CN2C(=O)C2(C#N)CC2)cc1)C(F)(F)F. The molecule has 2 amide bonds. The lowest BCUT2D eigenvalue weighted by molar-refractivity contribution is -0.258. The zero-order valence-electron chi connectivity index (χ0n) is 20.2. The van der Waals surface area contributed by atoms with Crippen LogP contribution < -0.4 is 5.32 Å². The highest BCUT2D eigenvalue weighted by Gasteiger charge is 2.56. The largest absolute Gasteiger partial charge is 0.421 e. The van der Waals surface area contributed by atoms with Crippen molar-refractivity contribution in [1.29, 1.82) is 5.26 Å². The van der Waals surface area contributed by atoms with Crippen LogP contribution in [0.5, 0.6) is 0 Å². The molecule has 2 unspecified atom stereocenters. The Morgan fingerprint density at radius 2 is 1.76 bits per heavy atom. The van der Waals surface area contributed by atoms with Crippen LogP contribution >= 0.6 is 0 Å². The number of aliphatic hydroxyl groups is 1. The van der Waals surface area contributed by atoms with Gasteiger partial charge in [0.15, 0.2) is 15.4 Å². The van der Waals surface area contributed by atoms with Gasteiger partial charge in [-0.3, -0.25) is 9.59 Å². The molecule has 0 bridgehead atoms. The van der Waals surface area contributed by atoms with Gasteiger partial charge in [0.1, 0.15) is 11.5 Å². The van der Waals surface area contributed by atoms with Gasteiger partial charge in [-0.25, -0.2) is 8.42 Å². The Morgan fingerprint density at radius 3 is 2.29 bits per heavy atom. The summed E-state index contributed by atoms with van der Waals surface area (Å²) in [5.41, 5.74) is -3.71. The van der Waals surface area contributed by atoms with Crippen LogP contribution in [-0.2, 0) is 31.6 Å². The van der Waals surface area contributed by atoms with Crippen LogP contribution in [0.1, 0.15) is 55.3 Å². The van der Waals surface area contributed by atoms with E-state index in [1.54, 1.807) is 0 Å². The molecule has 1 aliphatic heterocycles. The van der Waals surface area contributed by atoms with Gasteiger partial charge in [-0.2, -0.15) is 18.4 Å². The van der Waals surface area contributed by atoms with E-state index >= 15 is 0 Å². The molecule has 3 aliphatic rings. The fourth-order valence-electron chi connectivity index (χ4n) is 4.67. The average Bonchev–Trinajstić information content (AvgIpc) is 3.78. The van der Waals surface area contributed by atoms with Crippen molar-refractivity contribution in [1.82, 2.24) is 4.90 Å². The number of nitrogens with zero attached hydrogens (tertiary/aromatic N) is 2. The third-order valence-electron chi connectivity index (χ3n) is 7.50. The van der Waals surface area contributed by atoms with Gasteiger partial charge in [-0.15, -0.1) is 0 Å². The van der Waals surface area contributed by atoms with E-state index in [2.05, 4.69) is 5.32 Å². The lowest BCUT2D eigenvalue weighted by atomic mass is 9.95. The molecule has 1 heterocycles. The minimum Gasteiger partial charge on any atom is -0.376 e. The van der Waals surface area contributed by atoms with E-state index in [0.29, 0.717) is 43.7 Å². The minimum absolute atomic E-state index is 0.0584. The summed E-state index contributed by atoms with van der Waals surface area (Å²) in [7, 11) is -3.52. The van der Waals surface area contributed by atoms with E-state index < -0.39 is 55.7 Å². The second-order valence-corrected chi connectivity index (χ2v) is 12.5. The second kappa shape index (κ2) is 8.54. The summed E-state index contributed by atoms with van der Waals surface area (Å²) in [4.78, 5) is 28.1. The average molecular weight is 548 g/mol. The number of rotatable bonds is 6. The van der Waals surface area contributed by atoms with E-state index in [1.165, 1.54) is 35.2 Å². The lowest BCUT2D eigenvalue weighted by Gasteiger charge is -2.27. The van der Waals surface area contributed by atoms with Crippen LogP contribution in [0, 0.1) is 16.7 Å². The van der Waals surface area contributed by atoms with Gasteiger partial charge in [0.25, 0.3) is 5.91 Å². The first kappa shape index (κ1) is 26.2. The Labute approximate surface area is 217 Å². The molecule has 0 spiro atoms. The van der Waals surface area contributed by atoms with Crippen LogP contribution in [0.3, 0.4) is 0 Å². The fourth-order valence-corrected chi connectivity index (χ4v) is 6.38. The smallest absolute Gasteiger partial charge is 0.376 e. The maximum atomic E-state index is 13.4. The molecule has 2 fully saturated rings. The number of amides is 2. The molecule has 2 aromatic rings. The molecule has 8 nitrogen and oxygen atoms in total. The van der Waals surface area contributed by atoms with Crippen LogP contribution in [0.2, 0.25) is 0 Å². The van der Waals surface area contributed by atoms with Crippen molar-refractivity contribution in [2.45, 2.75) is 67.1 Å². The summed E-state index contributed by atoms with van der Waals surface area (Å²) in [6.45, 7) is 0.567. The Morgan fingerprint density at radius 1 is 1.13 bits per heavy atom. The molecular weight excluding hydrogens is 523 g/mol. The van der Waals surface area contributed by atoms with E-state index in [1.807, 2.05) is 6.07 Å². The number of halogens is 3. The van der Waals surface area contributed by atoms with Crippen molar-refractivity contribution >= 4 is 27.3 Å². The number of carbonyl (C=O) groups excluding carboxylic acids is 2.